The molecule has 0 bridgehead atoms. The van der Waals surface area contributed by atoms with Crippen LogP contribution in [0.1, 0.15) is 29.0 Å². The van der Waals surface area contributed by atoms with Crippen LogP contribution in [0.2, 0.25) is 0 Å². The number of rotatable bonds is 6. The van der Waals surface area contributed by atoms with E-state index in [-0.39, 0.29) is 5.92 Å². The van der Waals surface area contributed by atoms with Crippen molar-refractivity contribution < 1.29 is 0 Å². The fraction of sp³-hybridized carbons (Fsp3) is 0.200. The van der Waals surface area contributed by atoms with Gasteiger partial charge in [0.2, 0.25) is 0 Å². The molecule has 2 nitrogen and oxygen atoms in total. The monoisotopic (exact) mass is 350 g/mol. The summed E-state index contributed by atoms with van der Waals surface area (Å²) in [5, 5.41) is 22.5. The van der Waals surface area contributed by atoms with E-state index in [1.807, 2.05) is 42.5 Å². The molecule has 0 fully saturated rings. The lowest BCUT2D eigenvalue weighted by molar-refractivity contribution is 0.409. The molecule has 0 aliphatic heterocycles. The highest BCUT2D eigenvalue weighted by molar-refractivity contribution is 5.88. The molecular weight excluding hydrogens is 328 g/mol. The SMILES string of the molecule is C=CCC(c1ccccc1)C(C#N)(C#N)Cc1ccc(C)c2ccccc12. The van der Waals surface area contributed by atoms with Crippen LogP contribution in [0.3, 0.4) is 0 Å². The van der Waals surface area contributed by atoms with E-state index in [0.29, 0.717) is 12.8 Å². The zero-order valence-electron chi connectivity index (χ0n) is 15.5. The fourth-order valence-corrected chi connectivity index (χ4v) is 3.82. The van der Waals surface area contributed by atoms with Crippen LogP contribution in [-0.4, -0.2) is 0 Å². The molecule has 0 saturated carbocycles. The summed E-state index contributed by atoms with van der Waals surface area (Å²) in [4.78, 5) is 0. The van der Waals surface area contributed by atoms with E-state index in [4.69, 9.17) is 0 Å². The maximum atomic E-state index is 10.1. The Morgan fingerprint density at radius 3 is 2.19 bits per heavy atom. The van der Waals surface area contributed by atoms with E-state index in [9.17, 15) is 10.5 Å². The van der Waals surface area contributed by atoms with Crippen LogP contribution in [0.5, 0.6) is 0 Å². The quantitative estimate of drug-likeness (QED) is 0.505. The summed E-state index contributed by atoms with van der Waals surface area (Å²) >= 11 is 0. The molecule has 0 N–H and O–H groups in total. The van der Waals surface area contributed by atoms with Crippen LogP contribution in [0, 0.1) is 35.0 Å². The molecule has 0 aliphatic rings. The van der Waals surface area contributed by atoms with E-state index < -0.39 is 5.41 Å². The van der Waals surface area contributed by atoms with E-state index in [1.165, 1.54) is 10.9 Å². The summed E-state index contributed by atoms with van der Waals surface area (Å²) in [6.45, 7) is 5.94. The molecule has 0 radical (unpaired) electrons. The van der Waals surface area contributed by atoms with E-state index in [2.05, 4.69) is 49.9 Å². The van der Waals surface area contributed by atoms with E-state index in [0.717, 1.165) is 16.5 Å². The molecule has 0 spiro atoms. The fourth-order valence-electron chi connectivity index (χ4n) is 3.82. The molecule has 2 heteroatoms. The molecule has 1 atom stereocenters. The Hall–Kier alpha value is -3.36. The number of nitrogens with zero attached hydrogens (tertiary/aromatic N) is 2. The third kappa shape index (κ3) is 3.48. The first-order chi connectivity index (χ1) is 13.1. The van der Waals surface area contributed by atoms with Gasteiger partial charge in [-0.25, -0.2) is 0 Å². The lowest BCUT2D eigenvalue weighted by Gasteiger charge is -2.29. The number of nitriles is 2. The molecule has 0 amide bonds. The predicted molar refractivity (Wildman–Crippen MR) is 110 cm³/mol. The Labute approximate surface area is 161 Å². The molecule has 0 heterocycles. The molecule has 1 unspecified atom stereocenters. The highest BCUT2D eigenvalue weighted by Crippen LogP contribution is 2.42. The Balaban J connectivity index is 2.13. The number of fused-ring (bicyclic) bond motifs is 1. The summed E-state index contributed by atoms with van der Waals surface area (Å²) in [6, 6.07) is 26.9. The van der Waals surface area contributed by atoms with Gasteiger partial charge in [-0.15, -0.1) is 6.58 Å². The molecule has 27 heavy (non-hydrogen) atoms. The third-order valence-corrected chi connectivity index (χ3v) is 5.30. The second-order valence-corrected chi connectivity index (χ2v) is 6.95. The Morgan fingerprint density at radius 1 is 0.926 bits per heavy atom. The topological polar surface area (TPSA) is 47.6 Å². The average molecular weight is 350 g/mol. The van der Waals surface area contributed by atoms with Crippen LogP contribution in [0.25, 0.3) is 10.8 Å². The van der Waals surface area contributed by atoms with Crippen molar-refractivity contribution in [1.29, 1.82) is 10.5 Å². The van der Waals surface area contributed by atoms with Gasteiger partial charge in [0, 0.05) is 12.3 Å². The van der Waals surface area contributed by atoms with Gasteiger partial charge in [-0.3, -0.25) is 0 Å². The lowest BCUT2D eigenvalue weighted by Crippen LogP contribution is -2.28. The summed E-state index contributed by atoms with van der Waals surface area (Å²) in [5.41, 5.74) is 2.06. The van der Waals surface area contributed by atoms with Gasteiger partial charge in [0.05, 0.1) is 12.1 Å². The molecule has 0 aliphatic carbocycles. The standard InChI is InChI=1S/C25H22N2/c1-3-9-24(20-10-5-4-6-11-20)25(17-26,18-27)16-21-15-14-19(2)22-12-7-8-13-23(21)22/h3-8,10-15,24H,1,9,16H2,2H3. The average Bonchev–Trinajstić information content (AvgIpc) is 2.73. The van der Waals surface area contributed by atoms with Crippen LogP contribution in [0.4, 0.5) is 0 Å². The van der Waals surface area contributed by atoms with Crippen molar-refractivity contribution in [2.45, 2.75) is 25.7 Å². The van der Waals surface area contributed by atoms with Crippen LogP contribution in [0.15, 0.2) is 79.4 Å². The zero-order valence-corrected chi connectivity index (χ0v) is 15.5. The summed E-state index contributed by atoms with van der Waals surface area (Å²) in [7, 11) is 0. The van der Waals surface area contributed by atoms with Gasteiger partial charge in [-0.2, -0.15) is 10.5 Å². The molecule has 132 valence electrons. The van der Waals surface area contributed by atoms with Gasteiger partial charge in [-0.1, -0.05) is 72.8 Å². The second-order valence-electron chi connectivity index (χ2n) is 6.95. The number of hydrogen-bond donors (Lipinski definition) is 0. The smallest absolute Gasteiger partial charge is 0.154 e. The summed E-state index contributed by atoms with van der Waals surface area (Å²) in [5.74, 6) is -0.230. The van der Waals surface area contributed by atoms with Crippen LogP contribution < -0.4 is 0 Å². The minimum atomic E-state index is -1.16. The first kappa shape index (κ1) is 18.4. The van der Waals surface area contributed by atoms with E-state index >= 15 is 0 Å². The normalized spacial score (nSPS) is 12.1. The van der Waals surface area contributed by atoms with Crippen molar-refractivity contribution in [3.05, 3.63) is 96.1 Å². The largest absolute Gasteiger partial charge is 0.197 e. The summed E-state index contributed by atoms with van der Waals surface area (Å²) < 4.78 is 0. The van der Waals surface area contributed by atoms with Crippen molar-refractivity contribution in [2.24, 2.45) is 5.41 Å². The second kappa shape index (κ2) is 7.90. The van der Waals surface area contributed by atoms with Crippen LogP contribution >= 0.6 is 0 Å². The first-order valence-electron chi connectivity index (χ1n) is 9.11. The number of hydrogen-bond acceptors (Lipinski definition) is 2. The minimum Gasteiger partial charge on any atom is -0.197 e. The van der Waals surface area contributed by atoms with Crippen molar-refractivity contribution >= 4 is 10.8 Å². The van der Waals surface area contributed by atoms with E-state index in [1.54, 1.807) is 6.08 Å². The van der Waals surface area contributed by atoms with Crippen molar-refractivity contribution in [2.75, 3.05) is 0 Å². The van der Waals surface area contributed by atoms with Gasteiger partial charge in [0.25, 0.3) is 0 Å². The van der Waals surface area contributed by atoms with Crippen molar-refractivity contribution in [3.63, 3.8) is 0 Å². The van der Waals surface area contributed by atoms with Gasteiger partial charge >= 0.3 is 0 Å². The summed E-state index contributed by atoms with van der Waals surface area (Å²) in [6.07, 6.45) is 2.76. The molecule has 0 aromatic heterocycles. The Morgan fingerprint density at radius 2 is 1.56 bits per heavy atom. The molecule has 3 rings (SSSR count). The number of aryl methyl sites for hydroxylation is 1. The van der Waals surface area contributed by atoms with Crippen molar-refractivity contribution in [1.82, 2.24) is 0 Å². The molecule has 3 aromatic rings. The minimum absolute atomic E-state index is 0.230. The van der Waals surface area contributed by atoms with Crippen LogP contribution in [-0.2, 0) is 6.42 Å². The number of allylic oxidation sites excluding steroid dienone is 1. The van der Waals surface area contributed by atoms with Gasteiger partial charge in [0.1, 0.15) is 0 Å². The highest BCUT2D eigenvalue weighted by atomic mass is 14.5. The maximum Gasteiger partial charge on any atom is 0.154 e. The first-order valence-corrected chi connectivity index (χ1v) is 9.11. The maximum absolute atomic E-state index is 10.1. The lowest BCUT2D eigenvalue weighted by atomic mass is 9.68. The molecular formula is C25H22N2. The molecule has 0 saturated heterocycles. The van der Waals surface area contributed by atoms with Gasteiger partial charge in [-0.05, 0) is 40.8 Å². The van der Waals surface area contributed by atoms with Gasteiger partial charge < -0.3 is 0 Å². The Kier molecular flexibility index (Phi) is 5.39. The predicted octanol–water partition coefficient (Wildman–Crippen LogP) is 6.08. The molecule has 3 aromatic carbocycles. The highest BCUT2D eigenvalue weighted by Gasteiger charge is 2.40. The zero-order chi connectivity index (χ0) is 19.3. The third-order valence-electron chi connectivity index (χ3n) is 5.30. The van der Waals surface area contributed by atoms with Gasteiger partial charge in [0.15, 0.2) is 5.41 Å². The van der Waals surface area contributed by atoms with Crippen molar-refractivity contribution in [3.8, 4) is 12.1 Å². The Bertz CT molecular complexity index is 1020. The number of benzene rings is 3.